The third-order valence-electron chi connectivity index (χ3n) is 15.3. The molecule has 0 saturated heterocycles. The number of H-pyrrole nitrogens is 1. The number of aryl methyl sites for hydroxylation is 1. The van der Waals surface area contributed by atoms with Crippen LogP contribution in [0.3, 0.4) is 0 Å². The van der Waals surface area contributed by atoms with Crippen LogP contribution in [0.5, 0.6) is 5.75 Å². The molecule has 96 heavy (non-hydrogen) atoms. The Morgan fingerprint density at radius 2 is 1.44 bits per heavy atom. The lowest BCUT2D eigenvalue weighted by atomic mass is 9.90. The monoisotopic (exact) mass is 1340 g/mol. The molecule has 0 fully saturated rings. The molecule has 3 aromatic carbocycles. The van der Waals surface area contributed by atoms with E-state index in [0.29, 0.717) is 38.2 Å². The quantitative estimate of drug-likeness (QED) is 0.00827. The van der Waals surface area contributed by atoms with Gasteiger partial charge in [0, 0.05) is 55.2 Å². The molecular formula is C62H85FN18O15. The smallest absolute Gasteiger partial charge is 0.305 e. The number of imidazole rings is 1. The van der Waals surface area contributed by atoms with Crippen molar-refractivity contribution in [1.29, 1.82) is 0 Å². The molecule has 1 aliphatic rings. The Bertz CT molecular complexity index is 3440. The maximum atomic E-state index is 15.4. The molecule has 0 aliphatic carbocycles. The van der Waals surface area contributed by atoms with E-state index < -0.39 is 150 Å². The number of amides is 9. The number of unbranched alkanes of at least 4 members (excludes halogenated alkanes) is 1. The van der Waals surface area contributed by atoms with Gasteiger partial charge in [0.05, 0.1) is 44.7 Å². The molecule has 9 atom stereocenters. The van der Waals surface area contributed by atoms with E-state index in [2.05, 4.69) is 89.4 Å². The van der Waals surface area contributed by atoms with Gasteiger partial charge in [-0.15, -0.1) is 10.6 Å². The molecule has 17 N–H and O–H groups in total. The molecule has 0 spiro atoms. The number of benzene rings is 3. The zero-order valence-electron chi connectivity index (χ0n) is 54.2. The number of carboxylic acids is 1. The Morgan fingerprint density at radius 3 is 2.06 bits per heavy atom. The van der Waals surface area contributed by atoms with Crippen LogP contribution in [0, 0.1) is 11.2 Å². The first kappa shape index (κ1) is 76.4. The van der Waals surface area contributed by atoms with Crippen LogP contribution in [0.15, 0.2) is 89.5 Å². The highest BCUT2D eigenvalue weighted by Crippen LogP contribution is 2.29. The van der Waals surface area contributed by atoms with Crippen molar-refractivity contribution in [3.63, 3.8) is 0 Å². The standard InChI is InChI=1S/C62H85FN18O15/c1-8-38-26-42(96-24-12-11-22-69-79-64)19-20-43(38)39-17-15-37(16-18-39)25-34(2)70-54(89)46(28-50(86)87)71-55(90)47(32-82)72-56(91)51(35(3)83)75-60(95)62(7,29-40-13-9-10-14-44(40)63)76-57(92)52(36(4)84)74-49(85)31-67-53(88)45(27-48-77-80-81-78-48)73-59(94)61(5,6)58(93)66-23-21-41-30-65-33-68-41/h9-10,13-20,26,30,33-36,45-47,51-52,80-84H,8,11-12,21-25,27-29,31-32H2,1-7H3,(H,65,68)(H,66,93)(H,67,88)(H,70,89)(H,71,90)(H,72,91)(H,73,94)(H,74,85)(H,75,95)(H,76,92)(H,77,78)(H,86,87)/t34-,35-,36-,45+,46+,47+,51+,52+,62?/m1/s1. The number of carboxylic acid groups (broad SMARTS) is 1. The normalized spacial score (nSPS) is 14.9. The highest BCUT2D eigenvalue weighted by molar-refractivity contribution is 6.06. The number of aromatic nitrogens is 2. The molecule has 5 rings (SSSR count). The summed E-state index contributed by atoms with van der Waals surface area (Å²) in [4.78, 5) is 146. The van der Waals surface area contributed by atoms with Crippen LogP contribution in [0.2, 0.25) is 0 Å². The molecule has 1 unspecified atom stereocenters. The van der Waals surface area contributed by atoms with E-state index in [9.17, 15) is 68.4 Å². The molecule has 34 heteroatoms. The Morgan fingerprint density at radius 1 is 0.750 bits per heavy atom. The van der Waals surface area contributed by atoms with Crippen molar-refractivity contribution in [3.05, 3.63) is 118 Å². The summed E-state index contributed by atoms with van der Waals surface area (Å²) in [6, 6.07) is 8.73. The number of rotatable bonds is 39. The molecule has 0 radical (unpaired) electrons. The van der Waals surface area contributed by atoms with Gasteiger partial charge in [0.2, 0.25) is 53.2 Å². The maximum Gasteiger partial charge on any atom is 0.305 e. The summed E-state index contributed by atoms with van der Waals surface area (Å²) in [5.74, 6) is -11.2. The number of hydrogen-bond donors (Lipinski definition) is 17. The number of aliphatic hydroxyl groups is 3. The number of carbonyl (C=O) groups is 10. The minimum Gasteiger partial charge on any atom is -0.494 e. The lowest BCUT2D eigenvalue weighted by Crippen LogP contribution is -2.67. The predicted molar refractivity (Wildman–Crippen MR) is 344 cm³/mol. The number of aromatic amines is 1. The van der Waals surface area contributed by atoms with Gasteiger partial charge >= 0.3 is 5.97 Å². The number of halogens is 1. The third-order valence-corrected chi connectivity index (χ3v) is 15.3. The molecule has 0 bridgehead atoms. The van der Waals surface area contributed by atoms with E-state index in [4.69, 9.17) is 10.3 Å². The van der Waals surface area contributed by atoms with Gasteiger partial charge in [0.25, 0.3) is 0 Å². The number of hydrogen-bond acceptors (Lipinski definition) is 20. The van der Waals surface area contributed by atoms with Gasteiger partial charge in [-0.3, -0.25) is 53.4 Å². The predicted octanol–water partition coefficient (Wildman–Crippen LogP) is -1.12. The number of amidine groups is 1. The lowest BCUT2D eigenvalue weighted by molar-refractivity contribution is -0.143. The van der Waals surface area contributed by atoms with Crippen molar-refractivity contribution in [2.24, 2.45) is 15.6 Å². The summed E-state index contributed by atoms with van der Waals surface area (Å²) < 4.78 is 21.3. The van der Waals surface area contributed by atoms with Crippen LogP contribution >= 0.6 is 0 Å². The summed E-state index contributed by atoms with van der Waals surface area (Å²) >= 11 is 0. The van der Waals surface area contributed by atoms with Crippen molar-refractivity contribution in [2.45, 2.75) is 154 Å². The molecule has 4 aromatic rings. The Hall–Kier alpha value is -10.3. The fourth-order valence-electron chi connectivity index (χ4n) is 9.73. The molecule has 2 heterocycles. The van der Waals surface area contributed by atoms with Crippen molar-refractivity contribution in [1.82, 2.24) is 74.3 Å². The van der Waals surface area contributed by atoms with Gasteiger partial charge in [-0.2, -0.15) is 0 Å². The highest BCUT2D eigenvalue weighted by Gasteiger charge is 2.43. The third kappa shape index (κ3) is 23.3. The summed E-state index contributed by atoms with van der Waals surface area (Å²) in [6.45, 7) is 8.54. The topological polar surface area (TPSA) is 495 Å². The summed E-state index contributed by atoms with van der Waals surface area (Å²) in [6.07, 6.45) is 0.347. The van der Waals surface area contributed by atoms with Crippen molar-refractivity contribution in [3.8, 4) is 16.9 Å². The molecule has 33 nitrogen and oxygen atoms in total. The number of aliphatic hydroxyl groups excluding tert-OH is 3. The SMILES string of the molecule is CCc1cc(OCCCCN=[N+]=[N-])ccc1-c1ccc(C[C@@H](C)NC(=O)[C@H](CC(=O)O)NC(=O)[C@H](CO)NC(=O)[C@@H](NC(=O)C(C)(Cc2ccccc2F)NC(=O)[C@@H](NC(=O)CNC(=O)[C@H](CC2=NNNN2)NC(=O)C(C)(C)C(=O)NCCc2cnc[nH]2)[C@@H](C)O)[C@@H](C)O)cc1. The van der Waals surface area contributed by atoms with Gasteiger partial charge < -0.3 is 78.0 Å². The van der Waals surface area contributed by atoms with Gasteiger partial charge in [-0.1, -0.05) is 60.6 Å². The number of hydrazone groups is 1. The van der Waals surface area contributed by atoms with E-state index in [-0.39, 0.29) is 30.8 Å². The minimum atomic E-state index is -2.33. The molecular weight excluding hydrogens is 1260 g/mol. The Labute approximate surface area is 552 Å². The van der Waals surface area contributed by atoms with E-state index in [1.54, 1.807) is 13.1 Å². The summed E-state index contributed by atoms with van der Waals surface area (Å²) in [5.41, 5.74) is 16.2. The van der Waals surface area contributed by atoms with E-state index in [1.807, 2.05) is 49.4 Å². The number of hydrazine groups is 2. The first-order chi connectivity index (χ1) is 45.6. The molecule has 520 valence electrons. The van der Waals surface area contributed by atoms with Crippen LogP contribution in [0.25, 0.3) is 21.6 Å². The molecule has 9 amide bonds. The summed E-state index contributed by atoms with van der Waals surface area (Å²) in [7, 11) is 0. The van der Waals surface area contributed by atoms with Crippen LogP contribution < -0.4 is 69.1 Å². The number of nitrogens with zero attached hydrogens (tertiary/aromatic N) is 5. The number of azide groups is 1. The number of ether oxygens (including phenoxy) is 1. The van der Waals surface area contributed by atoms with Crippen LogP contribution in [0.1, 0.15) is 96.5 Å². The first-order valence-electron chi connectivity index (χ1n) is 30.9. The van der Waals surface area contributed by atoms with Crippen LogP contribution in [-0.4, -0.2) is 182 Å². The largest absolute Gasteiger partial charge is 0.494 e. The lowest BCUT2D eigenvalue weighted by Gasteiger charge is -2.34. The van der Waals surface area contributed by atoms with E-state index in [0.717, 1.165) is 61.2 Å². The van der Waals surface area contributed by atoms with Gasteiger partial charge in [-0.05, 0) is 119 Å². The maximum absolute atomic E-state index is 15.4. The minimum absolute atomic E-state index is 0.131. The second-order valence-corrected chi connectivity index (χ2v) is 23.5. The van der Waals surface area contributed by atoms with Gasteiger partial charge in [0.15, 0.2) is 0 Å². The highest BCUT2D eigenvalue weighted by atomic mass is 19.1. The molecule has 1 aromatic heterocycles. The first-order valence-corrected chi connectivity index (χ1v) is 30.9. The van der Waals surface area contributed by atoms with Crippen molar-refractivity contribution in [2.75, 3.05) is 32.8 Å². The van der Waals surface area contributed by atoms with Crippen molar-refractivity contribution < 1.29 is 77.5 Å². The average Bonchev–Trinajstić information content (AvgIpc) is 0.872. The van der Waals surface area contributed by atoms with Gasteiger partial charge in [0.1, 0.15) is 58.6 Å². The average molecular weight is 1340 g/mol. The number of carbonyl (C=O) groups excluding carboxylic acids is 9. The Kier molecular flexibility index (Phi) is 29.4. The molecule has 1 aliphatic heterocycles. The molecule has 0 saturated carbocycles. The Balaban J connectivity index is 1.22. The zero-order chi connectivity index (χ0) is 70.7. The summed E-state index contributed by atoms with van der Waals surface area (Å²) in [5, 5.41) is 70.8. The fraction of sp³-hybridized carbons (Fsp3) is 0.484. The number of nitrogens with one attached hydrogen (secondary N) is 13. The van der Waals surface area contributed by atoms with Crippen molar-refractivity contribution >= 4 is 65.0 Å². The van der Waals surface area contributed by atoms with Crippen LogP contribution in [0.4, 0.5) is 4.39 Å². The second-order valence-electron chi connectivity index (χ2n) is 23.5. The van der Waals surface area contributed by atoms with E-state index >= 15 is 4.39 Å². The van der Waals surface area contributed by atoms with Crippen LogP contribution in [-0.2, 0) is 73.6 Å². The fourth-order valence-corrected chi connectivity index (χ4v) is 9.73. The van der Waals surface area contributed by atoms with Gasteiger partial charge in [-0.25, -0.2) is 14.9 Å². The number of aliphatic carboxylic acids is 1. The zero-order valence-corrected chi connectivity index (χ0v) is 54.2. The van der Waals surface area contributed by atoms with E-state index in [1.165, 1.54) is 38.4 Å². The second kappa shape index (κ2) is 37.0.